The Balaban J connectivity index is 1.38. The number of carbonyl (C=O) groups excluding carboxylic acids is 2. The molecule has 0 spiro atoms. The molecule has 4 rings (SSSR count). The van der Waals surface area contributed by atoms with E-state index in [1.165, 1.54) is 31.5 Å². The van der Waals surface area contributed by atoms with E-state index in [0.717, 1.165) is 10.9 Å². The van der Waals surface area contributed by atoms with Crippen LogP contribution in [-0.4, -0.2) is 28.8 Å². The van der Waals surface area contributed by atoms with Gasteiger partial charge in [0, 0.05) is 48.2 Å². The molecule has 0 fully saturated rings. The summed E-state index contributed by atoms with van der Waals surface area (Å²) >= 11 is 0. The van der Waals surface area contributed by atoms with Gasteiger partial charge in [-0.2, -0.15) is 0 Å². The maximum Gasteiger partial charge on any atom is 0.269 e. The summed E-state index contributed by atoms with van der Waals surface area (Å²) in [6, 6.07) is 14.4. The zero-order chi connectivity index (χ0) is 22.5. The van der Waals surface area contributed by atoms with E-state index in [-0.39, 0.29) is 23.3 Å². The Labute approximate surface area is 182 Å². The van der Waals surface area contributed by atoms with Crippen molar-refractivity contribution in [3.05, 3.63) is 90.1 Å². The van der Waals surface area contributed by atoms with E-state index in [1.807, 2.05) is 0 Å². The fourth-order valence-corrected chi connectivity index (χ4v) is 3.08. The number of pyridine rings is 1. The first-order valence-electron chi connectivity index (χ1n) is 9.73. The monoisotopic (exact) mass is 430 g/mol. The van der Waals surface area contributed by atoms with Gasteiger partial charge >= 0.3 is 0 Å². The lowest BCUT2D eigenvalue weighted by atomic mass is 10.1. The normalized spacial score (nSPS) is 10.9. The van der Waals surface area contributed by atoms with Crippen molar-refractivity contribution in [1.82, 2.24) is 15.3 Å². The summed E-state index contributed by atoms with van der Waals surface area (Å²) in [5, 5.41) is 6.10. The van der Waals surface area contributed by atoms with Crippen LogP contribution in [0.5, 0.6) is 11.5 Å². The second-order valence-corrected chi connectivity index (χ2v) is 6.84. The predicted octanol–water partition coefficient (Wildman–Crippen LogP) is 4.51. The summed E-state index contributed by atoms with van der Waals surface area (Å²) < 4.78 is 19.0. The maximum absolute atomic E-state index is 13.3. The number of aromatic nitrogens is 2. The molecule has 2 amide bonds. The SMILES string of the molecule is CNC(=O)c1cc(Oc2ccc(NC(=O)C=Cc3c[nH]c4cc(F)ccc34)cc2)ccn1. The molecule has 8 heteroatoms. The quantitative estimate of drug-likeness (QED) is 0.392. The van der Waals surface area contributed by atoms with Crippen LogP contribution in [-0.2, 0) is 4.79 Å². The van der Waals surface area contributed by atoms with Crippen molar-refractivity contribution in [3.8, 4) is 11.5 Å². The van der Waals surface area contributed by atoms with Crippen molar-refractivity contribution in [2.45, 2.75) is 0 Å². The number of nitrogens with one attached hydrogen (secondary N) is 3. The number of aromatic amines is 1. The largest absolute Gasteiger partial charge is 0.457 e. The number of hydrogen-bond acceptors (Lipinski definition) is 4. The minimum absolute atomic E-state index is 0.251. The molecule has 0 aliphatic carbocycles. The summed E-state index contributed by atoms with van der Waals surface area (Å²) in [5.74, 6) is 0.0762. The highest BCUT2D eigenvalue weighted by Crippen LogP contribution is 2.24. The Hall–Kier alpha value is -4.46. The Bertz CT molecular complexity index is 1310. The van der Waals surface area contributed by atoms with Crippen LogP contribution in [0, 0.1) is 5.82 Å². The molecule has 2 heterocycles. The number of amides is 2. The van der Waals surface area contributed by atoms with Gasteiger partial charge in [-0.25, -0.2) is 4.39 Å². The zero-order valence-electron chi connectivity index (χ0n) is 17.1. The van der Waals surface area contributed by atoms with Gasteiger partial charge in [-0.15, -0.1) is 0 Å². The molecule has 0 radical (unpaired) electrons. The highest BCUT2D eigenvalue weighted by molar-refractivity contribution is 6.03. The van der Waals surface area contributed by atoms with Crippen molar-refractivity contribution in [1.29, 1.82) is 0 Å². The molecule has 0 aliphatic heterocycles. The van der Waals surface area contributed by atoms with Crippen LogP contribution in [0.2, 0.25) is 0 Å². The molecule has 0 saturated heterocycles. The van der Waals surface area contributed by atoms with E-state index in [1.54, 1.807) is 54.7 Å². The molecule has 4 aromatic rings. The van der Waals surface area contributed by atoms with Crippen LogP contribution < -0.4 is 15.4 Å². The summed E-state index contributed by atoms with van der Waals surface area (Å²) in [6.45, 7) is 0. The number of hydrogen-bond donors (Lipinski definition) is 3. The van der Waals surface area contributed by atoms with Gasteiger partial charge in [0.05, 0.1) is 0 Å². The number of benzene rings is 2. The lowest BCUT2D eigenvalue weighted by molar-refractivity contribution is -0.111. The molecule has 0 saturated carbocycles. The van der Waals surface area contributed by atoms with Crippen LogP contribution in [0.15, 0.2) is 73.1 Å². The predicted molar refractivity (Wildman–Crippen MR) is 120 cm³/mol. The molecule has 0 atom stereocenters. The first-order valence-corrected chi connectivity index (χ1v) is 9.73. The molecule has 160 valence electrons. The van der Waals surface area contributed by atoms with Crippen LogP contribution >= 0.6 is 0 Å². The molecule has 0 aliphatic rings. The van der Waals surface area contributed by atoms with Gasteiger partial charge in [0.25, 0.3) is 5.91 Å². The van der Waals surface area contributed by atoms with Gasteiger partial charge in [0.15, 0.2) is 0 Å². The van der Waals surface area contributed by atoms with Gasteiger partial charge in [0.2, 0.25) is 5.91 Å². The molecule has 0 unspecified atom stereocenters. The summed E-state index contributed by atoms with van der Waals surface area (Å²) in [7, 11) is 1.53. The molecule has 2 aromatic carbocycles. The van der Waals surface area contributed by atoms with E-state index < -0.39 is 0 Å². The Morgan fingerprint density at radius 2 is 1.88 bits per heavy atom. The number of ether oxygens (including phenoxy) is 1. The van der Waals surface area contributed by atoms with Gasteiger partial charge in [-0.05, 0) is 60.2 Å². The second-order valence-electron chi connectivity index (χ2n) is 6.84. The standard InChI is InChI=1S/C24H19FN4O3/c1-26-24(31)22-13-19(10-11-27-22)32-18-6-4-17(5-7-18)29-23(30)9-2-15-14-28-21-12-16(25)3-8-20(15)21/h2-14,28H,1H3,(H,26,31)(H,29,30). The lowest BCUT2D eigenvalue weighted by Gasteiger charge is -2.08. The number of carbonyl (C=O) groups is 2. The van der Waals surface area contributed by atoms with Gasteiger partial charge in [-0.3, -0.25) is 14.6 Å². The van der Waals surface area contributed by atoms with Crippen LogP contribution in [0.3, 0.4) is 0 Å². The van der Waals surface area contributed by atoms with Crippen molar-refractivity contribution in [2.24, 2.45) is 0 Å². The van der Waals surface area contributed by atoms with E-state index in [9.17, 15) is 14.0 Å². The van der Waals surface area contributed by atoms with Gasteiger partial charge < -0.3 is 20.4 Å². The van der Waals surface area contributed by atoms with Crippen molar-refractivity contribution in [3.63, 3.8) is 0 Å². The number of halogens is 1. The van der Waals surface area contributed by atoms with E-state index in [2.05, 4.69) is 20.6 Å². The summed E-state index contributed by atoms with van der Waals surface area (Å²) in [5.41, 5.74) is 2.29. The van der Waals surface area contributed by atoms with Crippen molar-refractivity contribution >= 4 is 34.5 Å². The van der Waals surface area contributed by atoms with E-state index in [4.69, 9.17) is 4.74 Å². The summed E-state index contributed by atoms with van der Waals surface area (Å²) in [6.07, 6.45) is 6.28. The van der Waals surface area contributed by atoms with E-state index in [0.29, 0.717) is 22.7 Å². The van der Waals surface area contributed by atoms with Gasteiger partial charge in [-0.1, -0.05) is 0 Å². The zero-order valence-corrected chi connectivity index (χ0v) is 17.1. The Morgan fingerprint density at radius 1 is 1.06 bits per heavy atom. The average Bonchev–Trinajstić information content (AvgIpc) is 3.20. The Kier molecular flexibility index (Phi) is 5.94. The molecule has 2 aromatic heterocycles. The molecule has 3 N–H and O–H groups in total. The smallest absolute Gasteiger partial charge is 0.269 e. The van der Waals surface area contributed by atoms with E-state index >= 15 is 0 Å². The van der Waals surface area contributed by atoms with Crippen molar-refractivity contribution in [2.75, 3.05) is 12.4 Å². The van der Waals surface area contributed by atoms with Crippen LogP contribution in [0.1, 0.15) is 16.1 Å². The fraction of sp³-hybridized carbons (Fsp3) is 0.0417. The second kappa shape index (κ2) is 9.13. The topological polar surface area (TPSA) is 96.1 Å². The lowest BCUT2D eigenvalue weighted by Crippen LogP contribution is -2.18. The minimum Gasteiger partial charge on any atom is -0.457 e. The van der Waals surface area contributed by atoms with Gasteiger partial charge in [0.1, 0.15) is 23.0 Å². The fourth-order valence-electron chi connectivity index (χ4n) is 3.08. The first kappa shape index (κ1) is 20.8. The third-order valence-corrected chi connectivity index (χ3v) is 4.64. The third kappa shape index (κ3) is 4.81. The molecule has 7 nitrogen and oxygen atoms in total. The molecular weight excluding hydrogens is 411 g/mol. The average molecular weight is 430 g/mol. The number of H-pyrrole nitrogens is 1. The molecule has 32 heavy (non-hydrogen) atoms. The number of fused-ring (bicyclic) bond motifs is 1. The minimum atomic E-state index is -0.323. The number of anilines is 1. The highest BCUT2D eigenvalue weighted by Gasteiger charge is 2.07. The Morgan fingerprint density at radius 3 is 2.66 bits per heavy atom. The molecular formula is C24H19FN4O3. The first-order chi connectivity index (χ1) is 15.5. The maximum atomic E-state index is 13.3. The van der Waals surface area contributed by atoms with Crippen LogP contribution in [0.4, 0.5) is 10.1 Å². The number of rotatable bonds is 6. The number of nitrogens with zero attached hydrogens (tertiary/aromatic N) is 1. The van der Waals surface area contributed by atoms with Crippen LogP contribution in [0.25, 0.3) is 17.0 Å². The molecule has 0 bridgehead atoms. The third-order valence-electron chi connectivity index (χ3n) is 4.64. The highest BCUT2D eigenvalue weighted by atomic mass is 19.1. The summed E-state index contributed by atoms with van der Waals surface area (Å²) in [4.78, 5) is 30.9. The van der Waals surface area contributed by atoms with Crippen molar-refractivity contribution < 1.29 is 18.7 Å².